The Morgan fingerprint density at radius 1 is 1.17 bits per heavy atom. The molecule has 1 N–H and O–H groups in total. The van der Waals surface area contributed by atoms with Gasteiger partial charge in [0.2, 0.25) is 10.0 Å². The highest BCUT2D eigenvalue weighted by atomic mass is 32.2. The number of rotatable bonds is 5. The van der Waals surface area contributed by atoms with E-state index in [-0.39, 0.29) is 17.7 Å². The summed E-state index contributed by atoms with van der Waals surface area (Å²) in [5.74, 6) is -0.0931. The Morgan fingerprint density at radius 2 is 1.93 bits per heavy atom. The van der Waals surface area contributed by atoms with Crippen molar-refractivity contribution < 1.29 is 13.2 Å². The average Bonchev–Trinajstić information content (AvgIpc) is 3.30. The van der Waals surface area contributed by atoms with E-state index >= 15 is 0 Å². The molecule has 0 bridgehead atoms. The fourth-order valence-electron chi connectivity index (χ4n) is 3.59. The Hall–Kier alpha value is -2.71. The fraction of sp³-hybridized carbons (Fsp3) is 0.273. The second-order valence-corrected chi connectivity index (χ2v) is 10.4. The molecule has 3 aromatic rings. The number of aromatic nitrogens is 1. The zero-order valence-corrected chi connectivity index (χ0v) is 18.5. The molecule has 2 aromatic carbocycles. The lowest BCUT2D eigenvalue weighted by Crippen LogP contribution is -2.28. The van der Waals surface area contributed by atoms with E-state index in [0.29, 0.717) is 24.2 Å². The molecule has 1 aliphatic heterocycles. The number of thiazole rings is 1. The van der Waals surface area contributed by atoms with Gasteiger partial charge < -0.3 is 5.32 Å². The normalized spacial score (nSPS) is 16.4. The Bertz CT molecular complexity index is 1170. The molecule has 1 fully saturated rings. The van der Waals surface area contributed by atoms with Crippen LogP contribution in [0.2, 0.25) is 0 Å². The van der Waals surface area contributed by atoms with E-state index in [4.69, 9.17) is 0 Å². The molecule has 1 unspecified atom stereocenters. The zero-order chi connectivity index (χ0) is 21.3. The largest absolute Gasteiger partial charge is 0.345 e. The molecule has 1 amide bonds. The van der Waals surface area contributed by atoms with Crippen molar-refractivity contribution in [1.29, 1.82) is 0 Å². The first kappa shape index (κ1) is 20.6. The second-order valence-electron chi connectivity index (χ2n) is 7.32. The topological polar surface area (TPSA) is 79.4 Å². The molecular weight excluding hydrogens is 418 g/mol. The van der Waals surface area contributed by atoms with Crippen LogP contribution >= 0.6 is 11.3 Å². The van der Waals surface area contributed by atoms with Crippen LogP contribution in [-0.4, -0.2) is 31.6 Å². The zero-order valence-electron chi connectivity index (χ0n) is 16.8. The molecule has 156 valence electrons. The molecule has 1 saturated heterocycles. The van der Waals surface area contributed by atoms with Crippen LogP contribution < -0.4 is 9.62 Å². The SMILES string of the molecule is Cc1nc(-c2ccccc2)sc1C(C)NC(=O)c1cccc(N2CCCS2(=O)=O)c1. The maximum Gasteiger partial charge on any atom is 0.251 e. The van der Waals surface area contributed by atoms with Gasteiger partial charge in [-0.15, -0.1) is 11.3 Å². The quantitative estimate of drug-likeness (QED) is 0.645. The third-order valence-corrected chi connectivity index (χ3v) is 8.35. The van der Waals surface area contributed by atoms with Crippen LogP contribution in [0.25, 0.3) is 10.6 Å². The molecule has 4 rings (SSSR count). The van der Waals surface area contributed by atoms with Gasteiger partial charge in [0.25, 0.3) is 5.91 Å². The van der Waals surface area contributed by atoms with E-state index in [0.717, 1.165) is 21.1 Å². The van der Waals surface area contributed by atoms with Crippen LogP contribution in [0.3, 0.4) is 0 Å². The van der Waals surface area contributed by atoms with Crippen molar-refractivity contribution >= 4 is 33.0 Å². The average molecular weight is 442 g/mol. The van der Waals surface area contributed by atoms with E-state index in [2.05, 4.69) is 10.3 Å². The Labute approximate surface area is 180 Å². The first-order valence-electron chi connectivity index (χ1n) is 9.79. The third kappa shape index (κ3) is 4.11. The van der Waals surface area contributed by atoms with Crippen molar-refractivity contribution in [2.75, 3.05) is 16.6 Å². The molecule has 1 atom stereocenters. The summed E-state index contributed by atoms with van der Waals surface area (Å²) in [5.41, 5.74) is 2.92. The summed E-state index contributed by atoms with van der Waals surface area (Å²) in [7, 11) is -3.28. The molecule has 6 nitrogen and oxygen atoms in total. The molecule has 0 aliphatic carbocycles. The number of carbonyl (C=O) groups excluding carboxylic acids is 1. The minimum Gasteiger partial charge on any atom is -0.345 e. The number of aryl methyl sites for hydroxylation is 1. The summed E-state index contributed by atoms with van der Waals surface area (Å²) < 4.78 is 25.7. The highest BCUT2D eigenvalue weighted by Crippen LogP contribution is 2.32. The number of carbonyl (C=O) groups is 1. The molecule has 30 heavy (non-hydrogen) atoms. The number of hydrogen-bond donors (Lipinski definition) is 1. The summed E-state index contributed by atoms with van der Waals surface area (Å²) in [6.45, 7) is 4.33. The Morgan fingerprint density at radius 3 is 2.63 bits per heavy atom. The number of amides is 1. The number of sulfonamides is 1. The van der Waals surface area contributed by atoms with Gasteiger partial charge in [-0.05, 0) is 38.5 Å². The molecule has 2 heterocycles. The van der Waals surface area contributed by atoms with Gasteiger partial charge in [0.15, 0.2) is 0 Å². The van der Waals surface area contributed by atoms with Crippen molar-refractivity contribution in [3.8, 4) is 10.6 Å². The standard InChI is InChI=1S/C22H23N3O3S2/c1-15(20-16(2)24-22(29-20)17-8-4-3-5-9-17)23-21(26)18-10-6-11-19(14-18)25-12-7-13-30(25,27)28/h3-6,8-11,14-15H,7,12-13H2,1-2H3,(H,23,26). The summed E-state index contributed by atoms with van der Waals surface area (Å²) in [4.78, 5) is 18.5. The number of anilines is 1. The molecular formula is C22H23N3O3S2. The first-order valence-corrected chi connectivity index (χ1v) is 12.2. The number of nitrogens with one attached hydrogen (secondary N) is 1. The van der Waals surface area contributed by atoms with E-state index in [9.17, 15) is 13.2 Å². The Balaban J connectivity index is 1.52. The number of hydrogen-bond acceptors (Lipinski definition) is 5. The van der Waals surface area contributed by atoms with Crippen LogP contribution in [0.5, 0.6) is 0 Å². The first-order chi connectivity index (χ1) is 14.3. The van der Waals surface area contributed by atoms with Gasteiger partial charge in [-0.3, -0.25) is 9.10 Å². The second kappa shape index (κ2) is 8.20. The van der Waals surface area contributed by atoms with E-state index < -0.39 is 10.0 Å². The predicted molar refractivity (Wildman–Crippen MR) is 120 cm³/mol. The van der Waals surface area contributed by atoms with Gasteiger partial charge in [0, 0.05) is 17.7 Å². The highest BCUT2D eigenvalue weighted by molar-refractivity contribution is 7.93. The maximum atomic E-state index is 12.9. The van der Waals surface area contributed by atoms with Crippen LogP contribution in [0.15, 0.2) is 54.6 Å². The van der Waals surface area contributed by atoms with Gasteiger partial charge in [0.05, 0.1) is 28.1 Å². The molecule has 8 heteroatoms. The van der Waals surface area contributed by atoms with Crippen LogP contribution in [-0.2, 0) is 10.0 Å². The lowest BCUT2D eigenvalue weighted by Gasteiger charge is -2.18. The predicted octanol–water partition coefficient (Wildman–Crippen LogP) is 4.15. The van der Waals surface area contributed by atoms with Crippen molar-refractivity contribution in [2.24, 2.45) is 0 Å². The van der Waals surface area contributed by atoms with Gasteiger partial charge in [-0.25, -0.2) is 13.4 Å². The van der Waals surface area contributed by atoms with Gasteiger partial charge in [-0.1, -0.05) is 36.4 Å². The van der Waals surface area contributed by atoms with Crippen molar-refractivity contribution in [2.45, 2.75) is 26.3 Å². The van der Waals surface area contributed by atoms with Gasteiger partial charge in [0.1, 0.15) is 5.01 Å². The highest BCUT2D eigenvalue weighted by Gasteiger charge is 2.29. The summed E-state index contributed by atoms with van der Waals surface area (Å²) in [5, 5.41) is 3.94. The van der Waals surface area contributed by atoms with Crippen molar-refractivity contribution in [3.05, 3.63) is 70.7 Å². The fourth-order valence-corrected chi connectivity index (χ4v) is 6.22. The summed E-state index contributed by atoms with van der Waals surface area (Å²) in [6, 6.07) is 16.5. The summed E-state index contributed by atoms with van der Waals surface area (Å²) in [6.07, 6.45) is 0.601. The smallest absolute Gasteiger partial charge is 0.251 e. The van der Waals surface area contributed by atoms with Crippen LogP contribution in [0.1, 0.15) is 40.3 Å². The Kier molecular flexibility index (Phi) is 5.62. The summed E-state index contributed by atoms with van der Waals surface area (Å²) >= 11 is 1.57. The lowest BCUT2D eigenvalue weighted by atomic mass is 10.1. The number of nitrogens with zero attached hydrogens (tertiary/aromatic N) is 2. The molecule has 1 aromatic heterocycles. The van der Waals surface area contributed by atoms with E-state index in [1.807, 2.05) is 44.2 Å². The molecule has 0 spiro atoms. The van der Waals surface area contributed by atoms with E-state index in [1.54, 1.807) is 35.6 Å². The molecule has 0 saturated carbocycles. The third-order valence-electron chi connectivity index (χ3n) is 5.09. The van der Waals surface area contributed by atoms with E-state index in [1.165, 1.54) is 4.31 Å². The number of benzene rings is 2. The van der Waals surface area contributed by atoms with Crippen LogP contribution in [0, 0.1) is 6.92 Å². The minimum atomic E-state index is -3.28. The van der Waals surface area contributed by atoms with Gasteiger partial charge >= 0.3 is 0 Å². The van der Waals surface area contributed by atoms with Crippen molar-refractivity contribution in [1.82, 2.24) is 10.3 Å². The molecule has 1 aliphatic rings. The molecule has 0 radical (unpaired) electrons. The monoisotopic (exact) mass is 441 g/mol. The minimum absolute atomic E-state index is 0.148. The van der Waals surface area contributed by atoms with Crippen LogP contribution in [0.4, 0.5) is 5.69 Å². The van der Waals surface area contributed by atoms with Gasteiger partial charge in [-0.2, -0.15) is 0 Å². The van der Waals surface area contributed by atoms with Crippen molar-refractivity contribution in [3.63, 3.8) is 0 Å². The lowest BCUT2D eigenvalue weighted by molar-refractivity contribution is 0.0940. The maximum absolute atomic E-state index is 12.9.